The molecule has 0 spiro atoms. The van der Waals surface area contributed by atoms with Crippen LogP contribution in [-0.2, 0) is 16.0 Å². The van der Waals surface area contributed by atoms with Gasteiger partial charge in [-0.1, -0.05) is 19.1 Å². The summed E-state index contributed by atoms with van der Waals surface area (Å²) < 4.78 is 6.67. The first-order valence-electron chi connectivity index (χ1n) is 8.19. The molecule has 1 amide bonds. The van der Waals surface area contributed by atoms with E-state index in [-0.39, 0.29) is 5.91 Å². The van der Waals surface area contributed by atoms with Crippen LogP contribution in [0.5, 0.6) is 0 Å². The lowest BCUT2D eigenvalue weighted by molar-refractivity contribution is -0.124. The number of benzene rings is 1. The maximum Gasteiger partial charge on any atom is 0.234 e. The monoisotopic (exact) mass is 333 g/mol. The summed E-state index contributed by atoms with van der Waals surface area (Å²) in [7, 11) is 0. The van der Waals surface area contributed by atoms with Gasteiger partial charge in [0.2, 0.25) is 5.91 Å². The van der Waals surface area contributed by atoms with E-state index in [2.05, 4.69) is 28.2 Å². The van der Waals surface area contributed by atoms with E-state index in [9.17, 15) is 4.79 Å². The molecular weight excluding hydrogens is 310 g/mol. The van der Waals surface area contributed by atoms with E-state index in [1.807, 2.05) is 18.2 Å². The quantitative estimate of drug-likeness (QED) is 0.879. The lowest BCUT2D eigenvalue weighted by atomic mass is 10.2. The second kappa shape index (κ2) is 7.86. The molecular formula is C17H23N3O2S. The Morgan fingerprint density at radius 2 is 2.35 bits per heavy atom. The summed E-state index contributed by atoms with van der Waals surface area (Å²) in [4.78, 5) is 18.9. The van der Waals surface area contributed by atoms with E-state index in [1.165, 1.54) is 4.70 Å². The predicted octanol–water partition coefficient (Wildman–Crippen LogP) is 2.07. The third kappa shape index (κ3) is 4.28. The number of carbonyl (C=O) groups is 1. The number of fused-ring (bicyclic) bond motifs is 1. The third-order valence-corrected chi connectivity index (χ3v) is 5.26. The lowest BCUT2D eigenvalue weighted by Crippen LogP contribution is -2.49. The molecule has 5 nitrogen and oxygen atoms in total. The van der Waals surface area contributed by atoms with Crippen molar-refractivity contribution in [3.8, 4) is 0 Å². The van der Waals surface area contributed by atoms with Crippen LogP contribution in [0, 0.1) is 0 Å². The molecule has 0 bridgehead atoms. The van der Waals surface area contributed by atoms with Gasteiger partial charge >= 0.3 is 0 Å². The molecule has 0 saturated carbocycles. The minimum Gasteiger partial charge on any atom is -0.378 e. The second-order valence-electron chi connectivity index (χ2n) is 5.78. The average Bonchev–Trinajstić information content (AvgIpc) is 2.98. The molecule has 23 heavy (non-hydrogen) atoms. The third-order valence-electron chi connectivity index (χ3n) is 4.17. The van der Waals surface area contributed by atoms with E-state index in [0.717, 1.165) is 43.1 Å². The van der Waals surface area contributed by atoms with Crippen LogP contribution in [0.1, 0.15) is 18.4 Å². The van der Waals surface area contributed by atoms with Crippen LogP contribution in [0.3, 0.4) is 0 Å². The number of thiazole rings is 1. The van der Waals surface area contributed by atoms with Crippen molar-refractivity contribution in [2.24, 2.45) is 0 Å². The van der Waals surface area contributed by atoms with Crippen molar-refractivity contribution in [3.63, 3.8) is 0 Å². The molecule has 1 aromatic carbocycles. The van der Waals surface area contributed by atoms with Gasteiger partial charge in [-0.25, -0.2) is 4.98 Å². The fourth-order valence-corrected chi connectivity index (χ4v) is 3.82. The van der Waals surface area contributed by atoms with Crippen LogP contribution in [0.4, 0.5) is 0 Å². The largest absolute Gasteiger partial charge is 0.378 e. The summed E-state index contributed by atoms with van der Waals surface area (Å²) in [5.74, 6) is 0.0893. The molecule has 2 heterocycles. The van der Waals surface area contributed by atoms with E-state index in [1.54, 1.807) is 11.3 Å². The normalized spacial score (nSPS) is 19.1. The highest BCUT2D eigenvalue weighted by Crippen LogP contribution is 2.21. The number of para-hydroxylation sites is 1. The van der Waals surface area contributed by atoms with Crippen molar-refractivity contribution in [2.45, 2.75) is 25.8 Å². The summed E-state index contributed by atoms with van der Waals surface area (Å²) in [6.45, 7) is 5.52. The minimum atomic E-state index is 0.0893. The van der Waals surface area contributed by atoms with Gasteiger partial charge in [-0.2, -0.15) is 0 Å². The summed E-state index contributed by atoms with van der Waals surface area (Å²) in [6.07, 6.45) is 1.80. The number of hydrogen-bond donors (Lipinski definition) is 1. The Bertz CT molecular complexity index is 625. The highest BCUT2D eigenvalue weighted by atomic mass is 32.1. The van der Waals surface area contributed by atoms with Gasteiger partial charge < -0.3 is 10.1 Å². The molecule has 1 aliphatic heterocycles. The van der Waals surface area contributed by atoms with Crippen LogP contribution >= 0.6 is 11.3 Å². The molecule has 1 fully saturated rings. The molecule has 2 aromatic rings. The zero-order chi connectivity index (χ0) is 16.1. The van der Waals surface area contributed by atoms with Crippen molar-refractivity contribution in [2.75, 3.05) is 32.8 Å². The standard InChI is InChI=1S/C17H23N3O2S/c1-2-13-12-22-10-9-20(13)11-16(21)18-8-7-17-19-14-5-3-4-6-15(14)23-17/h3-6,13H,2,7-12H2,1H3,(H,18,21). The number of carbonyl (C=O) groups excluding carboxylic acids is 1. The van der Waals surface area contributed by atoms with Crippen LogP contribution in [0.25, 0.3) is 10.2 Å². The number of morpholine rings is 1. The maximum atomic E-state index is 12.1. The number of amides is 1. The number of ether oxygens (including phenoxy) is 1. The molecule has 0 radical (unpaired) electrons. The van der Waals surface area contributed by atoms with Crippen molar-refractivity contribution >= 4 is 27.5 Å². The van der Waals surface area contributed by atoms with Gasteiger partial charge in [0.15, 0.2) is 0 Å². The maximum absolute atomic E-state index is 12.1. The molecule has 6 heteroatoms. The van der Waals surface area contributed by atoms with Crippen molar-refractivity contribution in [1.82, 2.24) is 15.2 Å². The number of nitrogens with one attached hydrogen (secondary N) is 1. The van der Waals surface area contributed by atoms with Crippen LogP contribution in [0.15, 0.2) is 24.3 Å². The minimum absolute atomic E-state index is 0.0893. The Kier molecular flexibility index (Phi) is 5.59. The SMILES string of the molecule is CCC1COCCN1CC(=O)NCCc1nc2ccccc2s1. The topological polar surface area (TPSA) is 54.5 Å². The molecule has 1 N–H and O–H groups in total. The van der Waals surface area contributed by atoms with Crippen molar-refractivity contribution in [3.05, 3.63) is 29.3 Å². The second-order valence-corrected chi connectivity index (χ2v) is 6.90. The number of hydrogen-bond acceptors (Lipinski definition) is 5. The molecule has 124 valence electrons. The zero-order valence-corrected chi connectivity index (χ0v) is 14.3. The van der Waals surface area contributed by atoms with E-state index >= 15 is 0 Å². The van der Waals surface area contributed by atoms with Crippen LogP contribution in [0.2, 0.25) is 0 Å². The summed E-state index contributed by atoms with van der Waals surface area (Å²) >= 11 is 1.70. The Hall–Kier alpha value is -1.50. The van der Waals surface area contributed by atoms with E-state index in [0.29, 0.717) is 19.1 Å². The van der Waals surface area contributed by atoms with Gasteiger partial charge in [-0.3, -0.25) is 9.69 Å². The Balaban J connectivity index is 1.45. The van der Waals surface area contributed by atoms with Crippen molar-refractivity contribution < 1.29 is 9.53 Å². The molecule has 1 atom stereocenters. The van der Waals surface area contributed by atoms with Gasteiger partial charge in [0.1, 0.15) is 0 Å². The zero-order valence-electron chi connectivity index (χ0n) is 13.5. The summed E-state index contributed by atoms with van der Waals surface area (Å²) in [5.41, 5.74) is 1.04. The first-order chi connectivity index (χ1) is 11.3. The fraction of sp³-hybridized carbons (Fsp3) is 0.529. The van der Waals surface area contributed by atoms with Gasteiger partial charge in [0.25, 0.3) is 0 Å². The van der Waals surface area contributed by atoms with E-state index in [4.69, 9.17) is 4.74 Å². The van der Waals surface area contributed by atoms with Crippen LogP contribution < -0.4 is 5.32 Å². The van der Waals surface area contributed by atoms with Gasteiger partial charge in [-0.05, 0) is 18.6 Å². The molecule has 3 rings (SSSR count). The predicted molar refractivity (Wildman–Crippen MR) is 92.8 cm³/mol. The highest BCUT2D eigenvalue weighted by molar-refractivity contribution is 7.18. The fourth-order valence-electron chi connectivity index (χ4n) is 2.85. The number of nitrogens with zero attached hydrogens (tertiary/aromatic N) is 2. The van der Waals surface area contributed by atoms with Crippen molar-refractivity contribution in [1.29, 1.82) is 0 Å². The molecule has 1 aromatic heterocycles. The molecule has 1 unspecified atom stereocenters. The number of aromatic nitrogens is 1. The molecule has 0 aliphatic carbocycles. The lowest BCUT2D eigenvalue weighted by Gasteiger charge is -2.34. The Morgan fingerprint density at radius 3 is 3.17 bits per heavy atom. The van der Waals surface area contributed by atoms with Crippen LogP contribution in [-0.4, -0.2) is 54.7 Å². The highest BCUT2D eigenvalue weighted by Gasteiger charge is 2.23. The first-order valence-corrected chi connectivity index (χ1v) is 9.01. The first kappa shape index (κ1) is 16.4. The Labute approximate surface area is 140 Å². The number of rotatable bonds is 6. The molecule has 1 saturated heterocycles. The Morgan fingerprint density at radius 1 is 1.48 bits per heavy atom. The smallest absolute Gasteiger partial charge is 0.234 e. The van der Waals surface area contributed by atoms with Gasteiger partial charge in [-0.15, -0.1) is 11.3 Å². The average molecular weight is 333 g/mol. The van der Waals surface area contributed by atoms with Gasteiger partial charge in [0.05, 0.1) is 35.0 Å². The van der Waals surface area contributed by atoms with E-state index < -0.39 is 0 Å². The summed E-state index contributed by atoms with van der Waals surface area (Å²) in [6, 6.07) is 8.49. The molecule has 1 aliphatic rings. The van der Waals surface area contributed by atoms with Gasteiger partial charge in [0, 0.05) is 25.6 Å². The summed E-state index contributed by atoms with van der Waals surface area (Å²) in [5, 5.41) is 4.09.